The fourth-order valence-corrected chi connectivity index (χ4v) is 1.86. The first-order chi connectivity index (χ1) is 10.5. The standard InChI is InChI=1S/C15H20FN5O/c1-19-11-15(9-17,10-18)21-8-14(22)7-20-6-12-2-4-13(16)5-3-12/h2-5,14,19-22H,6-8,11H2,1H3. The van der Waals surface area contributed by atoms with Gasteiger partial charge in [0.2, 0.25) is 5.54 Å². The van der Waals surface area contributed by atoms with E-state index in [-0.39, 0.29) is 25.5 Å². The molecule has 7 heteroatoms. The van der Waals surface area contributed by atoms with Gasteiger partial charge in [0.05, 0.1) is 6.10 Å². The SMILES string of the molecule is CNCC(C#N)(C#N)NCC(O)CNCc1ccc(F)cc1. The van der Waals surface area contributed by atoms with Crippen molar-refractivity contribution in [1.82, 2.24) is 16.0 Å². The molecule has 22 heavy (non-hydrogen) atoms. The lowest BCUT2D eigenvalue weighted by molar-refractivity contribution is 0.162. The van der Waals surface area contributed by atoms with Gasteiger partial charge in [0, 0.05) is 26.2 Å². The Labute approximate surface area is 129 Å². The number of β-amino-alcohol motifs (C(OH)–C–C–N with tert-alkyl or cyclic N) is 1. The normalized spacial score (nSPS) is 12.4. The van der Waals surface area contributed by atoms with Crippen molar-refractivity contribution in [1.29, 1.82) is 10.5 Å². The zero-order valence-corrected chi connectivity index (χ0v) is 12.4. The van der Waals surface area contributed by atoms with Crippen LogP contribution >= 0.6 is 0 Å². The molecule has 0 bridgehead atoms. The molecule has 0 aliphatic heterocycles. The van der Waals surface area contributed by atoms with Crippen LogP contribution in [0.3, 0.4) is 0 Å². The van der Waals surface area contributed by atoms with Crippen molar-refractivity contribution in [2.75, 3.05) is 26.7 Å². The molecule has 1 aromatic carbocycles. The second-order valence-corrected chi connectivity index (χ2v) is 4.95. The van der Waals surface area contributed by atoms with Crippen LogP contribution in [0.15, 0.2) is 24.3 Å². The van der Waals surface area contributed by atoms with Crippen LogP contribution in [0.4, 0.5) is 4.39 Å². The van der Waals surface area contributed by atoms with Crippen LogP contribution in [0.25, 0.3) is 0 Å². The molecule has 1 atom stereocenters. The first kappa shape index (κ1) is 18.0. The molecule has 0 saturated carbocycles. The Balaban J connectivity index is 2.34. The number of nitrogens with one attached hydrogen (secondary N) is 3. The molecule has 0 amide bonds. The van der Waals surface area contributed by atoms with Gasteiger partial charge >= 0.3 is 0 Å². The van der Waals surface area contributed by atoms with E-state index in [1.54, 1.807) is 19.2 Å². The van der Waals surface area contributed by atoms with Crippen molar-refractivity contribution in [3.8, 4) is 12.1 Å². The van der Waals surface area contributed by atoms with E-state index in [1.165, 1.54) is 12.1 Å². The van der Waals surface area contributed by atoms with Crippen molar-refractivity contribution < 1.29 is 9.50 Å². The third-order valence-corrected chi connectivity index (χ3v) is 3.09. The van der Waals surface area contributed by atoms with E-state index in [1.807, 2.05) is 12.1 Å². The van der Waals surface area contributed by atoms with Gasteiger partial charge in [-0.1, -0.05) is 12.1 Å². The third-order valence-electron chi connectivity index (χ3n) is 3.09. The van der Waals surface area contributed by atoms with Crippen LogP contribution in [0, 0.1) is 28.5 Å². The van der Waals surface area contributed by atoms with Crippen LogP contribution in [-0.2, 0) is 6.54 Å². The van der Waals surface area contributed by atoms with Gasteiger partial charge in [0.1, 0.15) is 18.0 Å². The van der Waals surface area contributed by atoms with Crippen molar-refractivity contribution in [3.05, 3.63) is 35.6 Å². The number of aliphatic hydroxyl groups excluding tert-OH is 1. The summed E-state index contributed by atoms with van der Waals surface area (Å²) >= 11 is 0. The number of benzene rings is 1. The Morgan fingerprint density at radius 1 is 1.23 bits per heavy atom. The molecule has 6 nitrogen and oxygen atoms in total. The molecular weight excluding hydrogens is 285 g/mol. The summed E-state index contributed by atoms with van der Waals surface area (Å²) in [6.07, 6.45) is -0.752. The van der Waals surface area contributed by atoms with Crippen LogP contribution in [0.1, 0.15) is 5.56 Å². The molecule has 0 aliphatic rings. The number of rotatable bonds is 9. The van der Waals surface area contributed by atoms with Crippen LogP contribution in [0.5, 0.6) is 0 Å². The molecule has 0 fully saturated rings. The number of halogens is 1. The number of aliphatic hydroxyl groups is 1. The summed E-state index contributed by atoms with van der Waals surface area (Å²) in [5, 5.41) is 36.6. The molecular formula is C15H20FN5O. The number of hydrogen-bond donors (Lipinski definition) is 4. The van der Waals surface area contributed by atoms with Crippen molar-refractivity contribution in [3.63, 3.8) is 0 Å². The molecule has 0 aliphatic carbocycles. The molecule has 0 saturated heterocycles. The lowest BCUT2D eigenvalue weighted by Crippen LogP contribution is -2.53. The summed E-state index contributed by atoms with van der Waals surface area (Å²) in [6.45, 7) is 1.06. The summed E-state index contributed by atoms with van der Waals surface area (Å²) in [5.74, 6) is -0.290. The number of hydrogen-bond acceptors (Lipinski definition) is 6. The highest BCUT2D eigenvalue weighted by Crippen LogP contribution is 2.02. The minimum atomic E-state index is -1.35. The third kappa shape index (κ3) is 5.76. The maximum Gasteiger partial charge on any atom is 0.206 e. The lowest BCUT2D eigenvalue weighted by Gasteiger charge is -2.22. The van der Waals surface area contributed by atoms with Crippen molar-refractivity contribution in [2.24, 2.45) is 0 Å². The smallest absolute Gasteiger partial charge is 0.206 e. The maximum atomic E-state index is 12.8. The van der Waals surface area contributed by atoms with Gasteiger partial charge in [-0.2, -0.15) is 10.5 Å². The van der Waals surface area contributed by atoms with Gasteiger partial charge in [-0.25, -0.2) is 4.39 Å². The molecule has 118 valence electrons. The molecule has 1 rings (SSSR count). The quantitative estimate of drug-likeness (QED) is 0.507. The Morgan fingerprint density at radius 2 is 1.86 bits per heavy atom. The second kappa shape index (κ2) is 9.08. The first-order valence-corrected chi connectivity index (χ1v) is 6.90. The fraction of sp³-hybridized carbons (Fsp3) is 0.467. The average Bonchev–Trinajstić information content (AvgIpc) is 2.53. The minimum absolute atomic E-state index is 0.110. The fourth-order valence-electron chi connectivity index (χ4n) is 1.86. The number of likely N-dealkylation sites (N-methyl/N-ethyl adjacent to an activating group) is 1. The maximum absolute atomic E-state index is 12.8. The van der Waals surface area contributed by atoms with E-state index < -0.39 is 11.6 Å². The summed E-state index contributed by atoms with van der Waals surface area (Å²) in [7, 11) is 1.64. The van der Waals surface area contributed by atoms with E-state index in [9.17, 15) is 9.50 Å². The number of nitriles is 2. The van der Waals surface area contributed by atoms with Crippen molar-refractivity contribution >= 4 is 0 Å². The highest BCUT2D eigenvalue weighted by molar-refractivity contribution is 5.23. The molecule has 0 radical (unpaired) electrons. The first-order valence-electron chi connectivity index (χ1n) is 6.90. The Kier molecular flexibility index (Phi) is 7.44. The van der Waals surface area contributed by atoms with E-state index in [0.717, 1.165) is 5.56 Å². The molecule has 0 aromatic heterocycles. The molecule has 1 aromatic rings. The Hall–Kier alpha value is -2.03. The van der Waals surface area contributed by atoms with E-state index in [0.29, 0.717) is 6.54 Å². The van der Waals surface area contributed by atoms with E-state index in [4.69, 9.17) is 10.5 Å². The van der Waals surface area contributed by atoms with Gasteiger partial charge in [-0.15, -0.1) is 0 Å². The van der Waals surface area contributed by atoms with Crippen molar-refractivity contribution in [2.45, 2.75) is 18.2 Å². The van der Waals surface area contributed by atoms with Crippen LogP contribution in [-0.4, -0.2) is 43.4 Å². The van der Waals surface area contributed by atoms with E-state index >= 15 is 0 Å². The molecule has 0 spiro atoms. The molecule has 4 N–H and O–H groups in total. The largest absolute Gasteiger partial charge is 0.390 e. The van der Waals surface area contributed by atoms with Gasteiger partial charge in [-0.3, -0.25) is 5.32 Å². The zero-order chi connectivity index (χ0) is 16.4. The molecule has 1 unspecified atom stereocenters. The second-order valence-electron chi connectivity index (χ2n) is 4.95. The minimum Gasteiger partial charge on any atom is -0.390 e. The average molecular weight is 305 g/mol. The summed E-state index contributed by atoms with van der Waals surface area (Å²) < 4.78 is 12.8. The predicted octanol–water partition coefficient (Wildman–Crippen LogP) is -0.129. The highest BCUT2D eigenvalue weighted by atomic mass is 19.1. The van der Waals surface area contributed by atoms with E-state index in [2.05, 4.69) is 16.0 Å². The topological polar surface area (TPSA) is 104 Å². The van der Waals surface area contributed by atoms with Crippen LogP contribution < -0.4 is 16.0 Å². The Morgan fingerprint density at radius 3 is 2.41 bits per heavy atom. The van der Waals surface area contributed by atoms with Gasteiger partial charge < -0.3 is 15.7 Å². The Bertz CT molecular complexity index is 520. The highest BCUT2D eigenvalue weighted by Gasteiger charge is 2.29. The summed E-state index contributed by atoms with van der Waals surface area (Å²) in [4.78, 5) is 0. The number of nitrogens with zero attached hydrogens (tertiary/aromatic N) is 2. The van der Waals surface area contributed by atoms with Gasteiger partial charge in [-0.05, 0) is 24.7 Å². The summed E-state index contributed by atoms with van der Waals surface area (Å²) in [5.41, 5.74) is -0.452. The van der Waals surface area contributed by atoms with Gasteiger partial charge in [0.25, 0.3) is 0 Å². The molecule has 0 heterocycles. The predicted molar refractivity (Wildman–Crippen MR) is 80.0 cm³/mol. The monoisotopic (exact) mass is 305 g/mol. The van der Waals surface area contributed by atoms with Gasteiger partial charge in [0.15, 0.2) is 0 Å². The van der Waals surface area contributed by atoms with Crippen LogP contribution in [0.2, 0.25) is 0 Å². The lowest BCUT2D eigenvalue weighted by atomic mass is 10.0. The zero-order valence-electron chi connectivity index (χ0n) is 12.4. The summed E-state index contributed by atoms with van der Waals surface area (Å²) in [6, 6.07) is 9.89.